The fourth-order valence-corrected chi connectivity index (χ4v) is 2.95. The van der Waals surface area contributed by atoms with Gasteiger partial charge in [0, 0.05) is 43.8 Å². The lowest BCUT2D eigenvalue weighted by molar-refractivity contribution is -0.274. The Kier molecular flexibility index (Phi) is 6.09. The van der Waals surface area contributed by atoms with Crippen LogP contribution in [0.2, 0.25) is 0 Å². The summed E-state index contributed by atoms with van der Waals surface area (Å²) in [6.45, 7) is 0.649. The highest BCUT2D eigenvalue weighted by molar-refractivity contribution is 5.94. The maximum atomic E-state index is 12.6. The molecule has 11 heteroatoms. The second-order valence-corrected chi connectivity index (χ2v) is 6.56. The SMILES string of the molecule is O=C(c1ccc(OC(F)(F)F)cc1)N1CCC(Oc2ccc(C(F)(F)F)cn2)CC1. The molecule has 0 radical (unpaired) electrons. The number of halogens is 6. The molecule has 0 saturated carbocycles. The average molecular weight is 434 g/mol. The summed E-state index contributed by atoms with van der Waals surface area (Å²) in [5.74, 6) is -0.706. The molecule has 1 aromatic heterocycles. The summed E-state index contributed by atoms with van der Waals surface area (Å²) in [6, 6.07) is 6.65. The molecule has 2 heterocycles. The van der Waals surface area contributed by atoms with E-state index in [2.05, 4.69) is 9.72 Å². The molecular formula is C19H16F6N2O3. The minimum Gasteiger partial charge on any atom is -0.474 e. The molecule has 1 aliphatic heterocycles. The normalized spacial score (nSPS) is 15.7. The van der Waals surface area contributed by atoms with Gasteiger partial charge >= 0.3 is 12.5 Å². The quantitative estimate of drug-likeness (QED) is 0.656. The Labute approximate surface area is 167 Å². The van der Waals surface area contributed by atoms with Crippen molar-refractivity contribution in [1.29, 1.82) is 0 Å². The summed E-state index contributed by atoms with van der Waals surface area (Å²) < 4.78 is 83.6. The van der Waals surface area contributed by atoms with Gasteiger partial charge in [0.25, 0.3) is 5.91 Å². The van der Waals surface area contributed by atoms with Gasteiger partial charge in [0.1, 0.15) is 11.9 Å². The highest BCUT2D eigenvalue weighted by atomic mass is 19.4. The molecule has 2 aromatic rings. The zero-order valence-electron chi connectivity index (χ0n) is 15.3. The Morgan fingerprint density at radius 1 is 0.967 bits per heavy atom. The molecular weight excluding hydrogens is 418 g/mol. The van der Waals surface area contributed by atoms with Crippen molar-refractivity contribution in [3.05, 3.63) is 53.7 Å². The molecule has 0 unspecified atom stereocenters. The third-order valence-corrected chi connectivity index (χ3v) is 4.42. The zero-order chi connectivity index (χ0) is 21.9. The molecule has 5 nitrogen and oxygen atoms in total. The number of benzene rings is 1. The van der Waals surface area contributed by atoms with Crippen LogP contribution in [0.25, 0.3) is 0 Å². The van der Waals surface area contributed by atoms with Gasteiger partial charge in [-0.05, 0) is 30.3 Å². The number of hydrogen-bond acceptors (Lipinski definition) is 4. The van der Waals surface area contributed by atoms with Crippen molar-refractivity contribution in [3.63, 3.8) is 0 Å². The maximum Gasteiger partial charge on any atom is 0.573 e. The molecule has 3 rings (SSSR count). The van der Waals surface area contributed by atoms with Crippen LogP contribution in [-0.2, 0) is 6.18 Å². The van der Waals surface area contributed by atoms with Crippen LogP contribution < -0.4 is 9.47 Å². The third kappa shape index (κ3) is 5.77. The number of ether oxygens (including phenoxy) is 2. The van der Waals surface area contributed by atoms with Crippen LogP contribution >= 0.6 is 0 Å². The fourth-order valence-electron chi connectivity index (χ4n) is 2.95. The van der Waals surface area contributed by atoms with Crippen LogP contribution in [-0.4, -0.2) is 41.3 Å². The van der Waals surface area contributed by atoms with Crippen LogP contribution in [0.15, 0.2) is 42.6 Å². The second kappa shape index (κ2) is 8.41. The van der Waals surface area contributed by atoms with Gasteiger partial charge in [-0.25, -0.2) is 4.98 Å². The van der Waals surface area contributed by atoms with Crippen LogP contribution in [0.4, 0.5) is 26.3 Å². The van der Waals surface area contributed by atoms with Crippen molar-refractivity contribution < 1.29 is 40.6 Å². The molecule has 30 heavy (non-hydrogen) atoms. The number of hydrogen-bond donors (Lipinski definition) is 0. The standard InChI is InChI=1S/C19H16F6N2O3/c20-18(21,22)13-3-6-16(26-11-13)29-14-7-9-27(10-8-14)17(28)12-1-4-15(5-2-12)30-19(23,24)25/h1-6,11,14H,7-10H2. The molecule has 0 bridgehead atoms. The predicted molar refractivity (Wildman–Crippen MR) is 91.9 cm³/mol. The van der Waals surface area contributed by atoms with Crippen LogP contribution in [0.1, 0.15) is 28.8 Å². The molecule has 0 atom stereocenters. The van der Waals surface area contributed by atoms with Gasteiger partial charge < -0.3 is 14.4 Å². The van der Waals surface area contributed by atoms with Crippen molar-refractivity contribution in [2.75, 3.05) is 13.1 Å². The highest BCUT2D eigenvalue weighted by Crippen LogP contribution is 2.30. The zero-order valence-corrected chi connectivity index (χ0v) is 15.3. The summed E-state index contributed by atoms with van der Waals surface area (Å²) in [5, 5.41) is 0. The number of aromatic nitrogens is 1. The molecule has 1 saturated heterocycles. The van der Waals surface area contributed by atoms with E-state index < -0.39 is 23.9 Å². The Morgan fingerprint density at radius 3 is 2.10 bits per heavy atom. The summed E-state index contributed by atoms with van der Waals surface area (Å²) in [4.78, 5) is 17.7. The minimum atomic E-state index is -4.81. The van der Waals surface area contributed by atoms with Crippen molar-refractivity contribution in [2.45, 2.75) is 31.5 Å². The number of nitrogens with zero attached hydrogens (tertiary/aromatic N) is 2. The summed E-state index contributed by atoms with van der Waals surface area (Å²) in [5.41, 5.74) is -0.657. The van der Waals surface area contributed by atoms with Gasteiger partial charge in [0.15, 0.2) is 0 Å². The van der Waals surface area contributed by atoms with E-state index in [9.17, 15) is 31.1 Å². The highest BCUT2D eigenvalue weighted by Gasteiger charge is 2.32. The average Bonchev–Trinajstić information content (AvgIpc) is 2.67. The van der Waals surface area contributed by atoms with E-state index in [0.717, 1.165) is 24.3 Å². The van der Waals surface area contributed by atoms with Gasteiger partial charge in [0.05, 0.1) is 5.56 Å². The van der Waals surface area contributed by atoms with Crippen molar-refractivity contribution in [3.8, 4) is 11.6 Å². The number of amides is 1. The molecule has 1 aromatic carbocycles. The van der Waals surface area contributed by atoms with Gasteiger partial charge in [-0.1, -0.05) is 0 Å². The Balaban J connectivity index is 1.52. The maximum absolute atomic E-state index is 12.6. The lowest BCUT2D eigenvalue weighted by Gasteiger charge is -2.32. The summed E-state index contributed by atoms with van der Waals surface area (Å²) in [7, 11) is 0. The van der Waals surface area contributed by atoms with E-state index >= 15 is 0 Å². The van der Waals surface area contributed by atoms with Gasteiger partial charge in [-0.3, -0.25) is 4.79 Å². The van der Waals surface area contributed by atoms with Gasteiger partial charge in [-0.2, -0.15) is 13.2 Å². The minimum absolute atomic E-state index is 0.0630. The molecule has 162 valence electrons. The summed E-state index contributed by atoms with van der Waals surface area (Å²) in [6.07, 6.45) is -8.04. The lowest BCUT2D eigenvalue weighted by atomic mass is 10.1. The monoisotopic (exact) mass is 434 g/mol. The van der Waals surface area contributed by atoms with Crippen molar-refractivity contribution in [2.24, 2.45) is 0 Å². The number of alkyl halides is 6. The Morgan fingerprint density at radius 2 is 1.60 bits per heavy atom. The van der Waals surface area contributed by atoms with Gasteiger partial charge in [0.2, 0.25) is 5.88 Å². The molecule has 0 N–H and O–H groups in total. The number of carbonyl (C=O) groups excluding carboxylic acids is 1. The largest absolute Gasteiger partial charge is 0.573 e. The molecule has 0 spiro atoms. The van der Waals surface area contributed by atoms with E-state index in [4.69, 9.17) is 4.74 Å². The van der Waals surface area contributed by atoms with Gasteiger partial charge in [-0.15, -0.1) is 13.2 Å². The number of carbonyl (C=O) groups is 1. The van der Waals surface area contributed by atoms with E-state index in [0.29, 0.717) is 32.1 Å². The Hall–Kier alpha value is -2.98. The number of rotatable bonds is 4. The van der Waals surface area contributed by atoms with Crippen LogP contribution in [0, 0.1) is 0 Å². The fraction of sp³-hybridized carbons (Fsp3) is 0.368. The van der Waals surface area contributed by atoms with Crippen LogP contribution in [0.3, 0.4) is 0 Å². The van der Waals surface area contributed by atoms with E-state index in [1.807, 2.05) is 0 Å². The van der Waals surface area contributed by atoms with Crippen molar-refractivity contribution in [1.82, 2.24) is 9.88 Å². The molecule has 0 aliphatic carbocycles. The first-order chi connectivity index (χ1) is 14.0. The number of likely N-dealkylation sites (tertiary alicyclic amines) is 1. The Bertz CT molecular complexity index is 858. The van der Waals surface area contributed by atoms with Crippen LogP contribution in [0.5, 0.6) is 11.6 Å². The second-order valence-electron chi connectivity index (χ2n) is 6.56. The first-order valence-electron chi connectivity index (χ1n) is 8.86. The van der Waals surface area contributed by atoms with E-state index in [1.54, 1.807) is 0 Å². The van der Waals surface area contributed by atoms with E-state index in [-0.39, 0.29) is 23.5 Å². The molecule has 1 fully saturated rings. The molecule has 1 aliphatic rings. The van der Waals surface area contributed by atoms with Crippen molar-refractivity contribution >= 4 is 5.91 Å². The first-order valence-corrected chi connectivity index (χ1v) is 8.86. The predicted octanol–water partition coefficient (Wildman–Crippen LogP) is 4.68. The molecule has 1 amide bonds. The van der Waals surface area contributed by atoms with E-state index in [1.165, 1.54) is 17.0 Å². The smallest absolute Gasteiger partial charge is 0.474 e. The lowest BCUT2D eigenvalue weighted by Crippen LogP contribution is -2.41. The number of piperidine rings is 1. The topological polar surface area (TPSA) is 51.7 Å². The summed E-state index contributed by atoms with van der Waals surface area (Å²) >= 11 is 0. The number of pyridine rings is 1. The third-order valence-electron chi connectivity index (χ3n) is 4.42. The first kappa shape index (κ1) is 21.7.